The molecule has 0 aliphatic carbocycles. The van der Waals surface area contributed by atoms with Crippen molar-refractivity contribution < 1.29 is 18.8 Å². The summed E-state index contributed by atoms with van der Waals surface area (Å²) in [5.74, 6) is -1.01. The number of nitrogens with one attached hydrogen (secondary N) is 1. The molecule has 0 fully saturated rings. The number of nitriles is 1. The molecular formula is C23H14Cl2FN3O4. The molecule has 3 aromatic carbocycles. The number of rotatable bonds is 7. The molecule has 10 heteroatoms. The van der Waals surface area contributed by atoms with Crippen molar-refractivity contribution in [1.29, 1.82) is 5.26 Å². The van der Waals surface area contributed by atoms with E-state index in [9.17, 15) is 24.6 Å². The maximum absolute atomic E-state index is 13.1. The maximum Gasteiger partial charge on any atom is 0.271 e. The number of benzene rings is 3. The van der Waals surface area contributed by atoms with E-state index in [1.54, 1.807) is 18.2 Å². The van der Waals surface area contributed by atoms with E-state index in [-0.39, 0.29) is 50.7 Å². The molecule has 7 nitrogen and oxygen atoms in total. The fraction of sp³-hybridized carbons (Fsp3) is 0.0435. The fourth-order valence-corrected chi connectivity index (χ4v) is 3.34. The van der Waals surface area contributed by atoms with Crippen LogP contribution in [0.2, 0.25) is 10.0 Å². The third-order valence-electron chi connectivity index (χ3n) is 4.31. The first-order valence-corrected chi connectivity index (χ1v) is 10.1. The van der Waals surface area contributed by atoms with Crippen LogP contribution < -0.4 is 10.1 Å². The van der Waals surface area contributed by atoms with Crippen LogP contribution in [-0.2, 0) is 11.4 Å². The Morgan fingerprint density at radius 1 is 1.18 bits per heavy atom. The van der Waals surface area contributed by atoms with Crippen molar-refractivity contribution >= 4 is 46.6 Å². The molecule has 33 heavy (non-hydrogen) atoms. The molecule has 3 rings (SSSR count). The molecular weight excluding hydrogens is 472 g/mol. The Morgan fingerprint density at radius 3 is 2.58 bits per heavy atom. The normalized spacial score (nSPS) is 10.9. The summed E-state index contributed by atoms with van der Waals surface area (Å²) in [6.45, 7) is 0.0459. The summed E-state index contributed by atoms with van der Waals surface area (Å²) in [5.41, 5.74) is 0.550. The van der Waals surface area contributed by atoms with Crippen LogP contribution >= 0.6 is 23.2 Å². The van der Waals surface area contributed by atoms with E-state index in [1.807, 2.05) is 0 Å². The minimum atomic E-state index is -0.793. The van der Waals surface area contributed by atoms with Crippen LogP contribution in [0.1, 0.15) is 11.1 Å². The van der Waals surface area contributed by atoms with E-state index in [1.165, 1.54) is 54.6 Å². The Hall–Kier alpha value is -3.93. The van der Waals surface area contributed by atoms with Crippen molar-refractivity contribution in [3.8, 4) is 11.8 Å². The topological polar surface area (TPSA) is 105 Å². The Kier molecular flexibility index (Phi) is 7.61. The molecule has 0 aliphatic heterocycles. The lowest BCUT2D eigenvalue weighted by Gasteiger charge is -2.13. The summed E-state index contributed by atoms with van der Waals surface area (Å²) in [6.07, 6.45) is 1.24. The number of halogens is 3. The molecule has 0 heterocycles. The summed E-state index contributed by atoms with van der Waals surface area (Å²) < 4.78 is 18.9. The minimum absolute atomic E-state index is 0.0459. The van der Waals surface area contributed by atoms with Gasteiger partial charge in [0.2, 0.25) is 0 Å². The van der Waals surface area contributed by atoms with Crippen molar-refractivity contribution in [2.24, 2.45) is 0 Å². The van der Waals surface area contributed by atoms with Gasteiger partial charge in [0.15, 0.2) is 0 Å². The first-order valence-electron chi connectivity index (χ1n) is 9.30. The van der Waals surface area contributed by atoms with Crippen LogP contribution in [0.3, 0.4) is 0 Å². The molecule has 1 amide bonds. The van der Waals surface area contributed by atoms with Crippen molar-refractivity contribution in [3.05, 3.63) is 103 Å². The molecule has 0 spiro atoms. The van der Waals surface area contributed by atoms with Gasteiger partial charge in [-0.05, 0) is 42.0 Å². The molecule has 0 aliphatic rings. The number of anilines is 1. The van der Waals surface area contributed by atoms with Gasteiger partial charge in [-0.2, -0.15) is 5.26 Å². The standard InChI is InChI=1S/C23H14Cl2FN3O4/c24-17-9-15(22(21(25)10-17)33-13-14-4-6-18(26)7-5-14)8-16(12-27)23(30)28-19-2-1-3-20(11-19)29(31)32/h1-11H,13H2,(H,28,30)/b16-8+. The lowest BCUT2D eigenvalue weighted by Crippen LogP contribution is -2.13. The van der Waals surface area contributed by atoms with E-state index in [0.29, 0.717) is 5.56 Å². The lowest BCUT2D eigenvalue weighted by atomic mass is 10.1. The highest BCUT2D eigenvalue weighted by molar-refractivity contribution is 6.36. The molecule has 3 aromatic rings. The second kappa shape index (κ2) is 10.6. The number of hydrogen-bond acceptors (Lipinski definition) is 5. The Bertz CT molecular complexity index is 1290. The second-order valence-corrected chi connectivity index (χ2v) is 7.50. The van der Waals surface area contributed by atoms with Gasteiger partial charge in [0, 0.05) is 28.4 Å². The number of hydrogen-bond donors (Lipinski definition) is 1. The van der Waals surface area contributed by atoms with Crippen LogP contribution in [0.5, 0.6) is 5.75 Å². The zero-order valence-electron chi connectivity index (χ0n) is 16.7. The van der Waals surface area contributed by atoms with Gasteiger partial charge < -0.3 is 10.1 Å². The van der Waals surface area contributed by atoms with Gasteiger partial charge in [0.05, 0.1) is 9.95 Å². The number of nitro benzene ring substituents is 1. The van der Waals surface area contributed by atoms with Crippen molar-refractivity contribution in [1.82, 2.24) is 0 Å². The van der Waals surface area contributed by atoms with E-state index in [2.05, 4.69) is 5.32 Å². The lowest BCUT2D eigenvalue weighted by molar-refractivity contribution is -0.384. The van der Waals surface area contributed by atoms with Gasteiger partial charge in [0.1, 0.15) is 29.8 Å². The number of ether oxygens (including phenoxy) is 1. The fourth-order valence-electron chi connectivity index (χ4n) is 2.78. The smallest absolute Gasteiger partial charge is 0.271 e. The largest absolute Gasteiger partial charge is 0.487 e. The highest BCUT2D eigenvalue weighted by Gasteiger charge is 2.16. The number of carbonyl (C=O) groups excluding carboxylic acids is 1. The Balaban J connectivity index is 1.88. The van der Waals surface area contributed by atoms with Crippen LogP contribution in [-0.4, -0.2) is 10.8 Å². The number of nitrogens with zero attached hydrogens (tertiary/aromatic N) is 2. The van der Waals surface area contributed by atoms with Crippen LogP contribution in [0.15, 0.2) is 66.2 Å². The molecule has 0 saturated heterocycles. The predicted molar refractivity (Wildman–Crippen MR) is 123 cm³/mol. The maximum atomic E-state index is 13.1. The van der Waals surface area contributed by atoms with Crippen molar-refractivity contribution in [2.75, 3.05) is 5.32 Å². The van der Waals surface area contributed by atoms with Gasteiger partial charge in [-0.1, -0.05) is 41.4 Å². The van der Waals surface area contributed by atoms with Gasteiger partial charge in [0.25, 0.3) is 11.6 Å². The molecule has 0 unspecified atom stereocenters. The summed E-state index contributed by atoms with van der Waals surface area (Å²) >= 11 is 12.3. The van der Waals surface area contributed by atoms with Gasteiger partial charge >= 0.3 is 0 Å². The van der Waals surface area contributed by atoms with E-state index in [4.69, 9.17) is 27.9 Å². The zero-order valence-corrected chi connectivity index (χ0v) is 18.2. The highest BCUT2D eigenvalue weighted by Crippen LogP contribution is 2.34. The molecule has 0 radical (unpaired) electrons. The molecule has 0 bridgehead atoms. The summed E-state index contributed by atoms with van der Waals surface area (Å²) in [6, 6.07) is 15.6. The predicted octanol–water partition coefficient (Wildman–Crippen LogP) is 6.17. The van der Waals surface area contributed by atoms with Crippen LogP contribution in [0.25, 0.3) is 6.08 Å². The molecule has 1 N–H and O–H groups in total. The van der Waals surface area contributed by atoms with Gasteiger partial charge in [-0.25, -0.2) is 4.39 Å². The summed E-state index contributed by atoms with van der Waals surface area (Å²) in [4.78, 5) is 22.9. The van der Waals surface area contributed by atoms with Crippen molar-refractivity contribution in [2.45, 2.75) is 6.61 Å². The van der Waals surface area contributed by atoms with Gasteiger partial charge in [-0.15, -0.1) is 0 Å². The van der Waals surface area contributed by atoms with Crippen molar-refractivity contribution in [3.63, 3.8) is 0 Å². The molecule has 0 saturated carbocycles. The Labute approximate surface area is 197 Å². The first-order chi connectivity index (χ1) is 15.8. The van der Waals surface area contributed by atoms with E-state index in [0.717, 1.165) is 0 Å². The van der Waals surface area contributed by atoms with Crippen LogP contribution in [0.4, 0.5) is 15.8 Å². The summed E-state index contributed by atoms with van der Waals surface area (Å²) in [7, 11) is 0. The number of amides is 1. The SMILES string of the molecule is N#C/C(=C\c1cc(Cl)cc(Cl)c1OCc1ccc(F)cc1)C(=O)Nc1cccc([N+](=O)[O-])c1. The number of carbonyl (C=O) groups is 1. The number of non-ortho nitro benzene ring substituents is 1. The van der Waals surface area contributed by atoms with E-state index < -0.39 is 10.8 Å². The van der Waals surface area contributed by atoms with Gasteiger partial charge in [-0.3, -0.25) is 14.9 Å². The summed E-state index contributed by atoms with van der Waals surface area (Å²) in [5, 5.41) is 23.3. The highest BCUT2D eigenvalue weighted by atomic mass is 35.5. The van der Waals surface area contributed by atoms with E-state index >= 15 is 0 Å². The third-order valence-corrected chi connectivity index (χ3v) is 4.81. The average Bonchev–Trinajstić information content (AvgIpc) is 2.78. The Morgan fingerprint density at radius 2 is 1.91 bits per heavy atom. The average molecular weight is 486 g/mol. The molecule has 0 aromatic heterocycles. The molecule has 0 atom stereocenters. The minimum Gasteiger partial charge on any atom is -0.487 e. The van der Waals surface area contributed by atoms with Crippen LogP contribution in [0, 0.1) is 27.3 Å². The quantitative estimate of drug-likeness (QED) is 0.186. The number of nitro groups is 1. The second-order valence-electron chi connectivity index (χ2n) is 6.65. The monoisotopic (exact) mass is 485 g/mol. The zero-order chi connectivity index (χ0) is 24.0. The molecule has 166 valence electrons. The first kappa shape index (κ1) is 23.7. The third kappa shape index (κ3) is 6.29.